The summed E-state index contributed by atoms with van der Waals surface area (Å²) in [5.41, 5.74) is 1.43. The largest absolute Gasteiger partial charge is 0.490 e. The standard InChI is InChI=1S/C23H30N2O4/c1-4-13-28-20-12-11-19(15-21(20)29-14-5-2)17(3)25-22(26)16-24-23(27)18-9-7-6-8-10-18/h6-12,15,17H,4-5,13-14,16H2,1-3H3,(H,24,27)(H,25,26). The van der Waals surface area contributed by atoms with Gasteiger partial charge in [0.2, 0.25) is 5.91 Å². The maximum absolute atomic E-state index is 12.2. The van der Waals surface area contributed by atoms with Crippen LogP contribution in [0.1, 0.15) is 55.6 Å². The number of carbonyl (C=O) groups excluding carboxylic acids is 2. The second-order valence-electron chi connectivity index (χ2n) is 6.74. The van der Waals surface area contributed by atoms with Crippen molar-refractivity contribution in [1.82, 2.24) is 10.6 Å². The average molecular weight is 399 g/mol. The van der Waals surface area contributed by atoms with Crippen LogP contribution in [-0.4, -0.2) is 31.6 Å². The van der Waals surface area contributed by atoms with E-state index >= 15 is 0 Å². The van der Waals surface area contributed by atoms with E-state index in [4.69, 9.17) is 9.47 Å². The van der Waals surface area contributed by atoms with Gasteiger partial charge in [-0.3, -0.25) is 9.59 Å². The molecule has 2 amide bonds. The Morgan fingerprint density at radius 1 is 0.931 bits per heavy atom. The second kappa shape index (κ2) is 11.7. The Morgan fingerprint density at radius 3 is 2.24 bits per heavy atom. The molecule has 0 radical (unpaired) electrons. The van der Waals surface area contributed by atoms with Crippen LogP contribution in [0.4, 0.5) is 0 Å². The van der Waals surface area contributed by atoms with Crippen LogP contribution in [0.2, 0.25) is 0 Å². The molecule has 1 atom stereocenters. The Morgan fingerprint density at radius 2 is 1.59 bits per heavy atom. The number of hydrogen-bond donors (Lipinski definition) is 2. The third-order valence-corrected chi connectivity index (χ3v) is 4.21. The Labute approximate surface area is 172 Å². The Kier molecular flexibility index (Phi) is 9.02. The Balaban J connectivity index is 1.95. The molecule has 0 spiro atoms. The van der Waals surface area contributed by atoms with Crippen molar-refractivity contribution in [3.63, 3.8) is 0 Å². The lowest BCUT2D eigenvalue weighted by Crippen LogP contribution is -2.38. The summed E-state index contributed by atoms with van der Waals surface area (Å²) in [6.07, 6.45) is 1.81. The summed E-state index contributed by atoms with van der Waals surface area (Å²) < 4.78 is 11.6. The number of carbonyl (C=O) groups is 2. The molecule has 0 aliphatic rings. The molecule has 29 heavy (non-hydrogen) atoms. The van der Waals surface area contributed by atoms with Gasteiger partial charge in [0.05, 0.1) is 25.8 Å². The van der Waals surface area contributed by atoms with E-state index in [0.717, 1.165) is 18.4 Å². The summed E-state index contributed by atoms with van der Waals surface area (Å²) in [7, 11) is 0. The van der Waals surface area contributed by atoms with Gasteiger partial charge in [-0.05, 0) is 49.6 Å². The van der Waals surface area contributed by atoms with Gasteiger partial charge in [0.25, 0.3) is 5.91 Å². The van der Waals surface area contributed by atoms with Crippen LogP contribution >= 0.6 is 0 Å². The molecule has 6 nitrogen and oxygen atoms in total. The molecule has 0 aliphatic carbocycles. The van der Waals surface area contributed by atoms with E-state index in [9.17, 15) is 9.59 Å². The highest BCUT2D eigenvalue weighted by Crippen LogP contribution is 2.31. The predicted molar refractivity (Wildman–Crippen MR) is 113 cm³/mol. The van der Waals surface area contributed by atoms with Crippen LogP contribution in [-0.2, 0) is 4.79 Å². The third-order valence-electron chi connectivity index (χ3n) is 4.21. The van der Waals surface area contributed by atoms with Gasteiger partial charge in [-0.25, -0.2) is 0 Å². The lowest BCUT2D eigenvalue weighted by atomic mass is 10.1. The molecule has 0 aromatic heterocycles. The third kappa shape index (κ3) is 7.14. The average Bonchev–Trinajstić information content (AvgIpc) is 2.75. The first-order valence-electron chi connectivity index (χ1n) is 10.1. The summed E-state index contributed by atoms with van der Waals surface area (Å²) in [5.74, 6) is 0.846. The van der Waals surface area contributed by atoms with E-state index in [1.165, 1.54) is 0 Å². The van der Waals surface area contributed by atoms with Gasteiger partial charge >= 0.3 is 0 Å². The predicted octanol–water partition coefficient (Wildman–Crippen LogP) is 3.87. The molecule has 156 valence electrons. The van der Waals surface area contributed by atoms with E-state index in [2.05, 4.69) is 17.6 Å². The molecule has 2 N–H and O–H groups in total. The summed E-state index contributed by atoms with van der Waals surface area (Å²) in [5, 5.41) is 5.53. The molecule has 6 heteroatoms. The van der Waals surface area contributed by atoms with E-state index in [1.54, 1.807) is 24.3 Å². The molecule has 0 saturated carbocycles. The number of nitrogens with one attached hydrogen (secondary N) is 2. The highest BCUT2D eigenvalue weighted by molar-refractivity contribution is 5.96. The summed E-state index contributed by atoms with van der Waals surface area (Å²) in [4.78, 5) is 24.3. The van der Waals surface area contributed by atoms with Crippen LogP contribution in [0.15, 0.2) is 48.5 Å². The van der Waals surface area contributed by atoms with Gasteiger partial charge in [-0.1, -0.05) is 38.1 Å². The number of hydrogen-bond acceptors (Lipinski definition) is 4. The van der Waals surface area contributed by atoms with Crippen LogP contribution in [0.5, 0.6) is 11.5 Å². The lowest BCUT2D eigenvalue weighted by Gasteiger charge is -2.18. The molecule has 2 rings (SSSR count). The smallest absolute Gasteiger partial charge is 0.251 e. The van der Waals surface area contributed by atoms with Gasteiger partial charge in [-0.15, -0.1) is 0 Å². The van der Waals surface area contributed by atoms with E-state index in [-0.39, 0.29) is 24.4 Å². The van der Waals surface area contributed by atoms with Crippen molar-refractivity contribution in [2.45, 2.75) is 39.7 Å². The first-order valence-corrected chi connectivity index (χ1v) is 10.1. The van der Waals surface area contributed by atoms with Crippen LogP contribution < -0.4 is 20.1 Å². The molecule has 2 aromatic carbocycles. The van der Waals surface area contributed by atoms with Crippen molar-refractivity contribution in [3.8, 4) is 11.5 Å². The Hall–Kier alpha value is -3.02. The molecule has 1 unspecified atom stereocenters. The first-order chi connectivity index (χ1) is 14.0. The number of ether oxygens (including phenoxy) is 2. The van der Waals surface area contributed by atoms with Crippen molar-refractivity contribution in [3.05, 3.63) is 59.7 Å². The SMILES string of the molecule is CCCOc1ccc(C(C)NC(=O)CNC(=O)c2ccccc2)cc1OCCC. The van der Waals surface area contributed by atoms with Crippen LogP contribution in [0.25, 0.3) is 0 Å². The van der Waals surface area contributed by atoms with Gasteiger partial charge in [-0.2, -0.15) is 0 Å². The van der Waals surface area contributed by atoms with Crippen molar-refractivity contribution in [1.29, 1.82) is 0 Å². The fraction of sp³-hybridized carbons (Fsp3) is 0.391. The van der Waals surface area contributed by atoms with Crippen molar-refractivity contribution < 1.29 is 19.1 Å². The van der Waals surface area contributed by atoms with E-state index in [0.29, 0.717) is 30.3 Å². The maximum Gasteiger partial charge on any atom is 0.251 e. The molecule has 0 heterocycles. The van der Waals surface area contributed by atoms with Crippen molar-refractivity contribution in [2.24, 2.45) is 0 Å². The number of benzene rings is 2. The van der Waals surface area contributed by atoms with E-state index in [1.807, 2.05) is 38.1 Å². The second-order valence-corrected chi connectivity index (χ2v) is 6.74. The number of amides is 2. The monoisotopic (exact) mass is 398 g/mol. The van der Waals surface area contributed by atoms with Gasteiger partial charge < -0.3 is 20.1 Å². The normalized spacial score (nSPS) is 11.4. The summed E-state index contributed by atoms with van der Waals surface area (Å²) in [6, 6.07) is 14.3. The first kappa shape index (κ1) is 22.3. The van der Waals surface area contributed by atoms with Crippen LogP contribution in [0.3, 0.4) is 0 Å². The molecule has 0 bridgehead atoms. The number of rotatable bonds is 11. The quantitative estimate of drug-likeness (QED) is 0.602. The molecule has 0 fully saturated rings. The molecular formula is C23H30N2O4. The van der Waals surface area contributed by atoms with Gasteiger partial charge in [0.1, 0.15) is 0 Å². The fourth-order valence-electron chi connectivity index (χ4n) is 2.68. The minimum Gasteiger partial charge on any atom is -0.490 e. The zero-order valence-corrected chi connectivity index (χ0v) is 17.4. The minimum absolute atomic E-state index is 0.0883. The Bertz CT molecular complexity index is 793. The zero-order valence-electron chi connectivity index (χ0n) is 17.4. The van der Waals surface area contributed by atoms with Crippen molar-refractivity contribution >= 4 is 11.8 Å². The lowest BCUT2D eigenvalue weighted by molar-refractivity contribution is -0.120. The fourth-order valence-corrected chi connectivity index (χ4v) is 2.68. The highest BCUT2D eigenvalue weighted by atomic mass is 16.5. The molecule has 2 aromatic rings. The van der Waals surface area contributed by atoms with Crippen LogP contribution in [0, 0.1) is 0 Å². The summed E-state index contributed by atoms with van der Waals surface area (Å²) in [6.45, 7) is 7.11. The van der Waals surface area contributed by atoms with Crippen molar-refractivity contribution in [2.75, 3.05) is 19.8 Å². The zero-order chi connectivity index (χ0) is 21.1. The van der Waals surface area contributed by atoms with Gasteiger partial charge in [0.15, 0.2) is 11.5 Å². The topological polar surface area (TPSA) is 76.7 Å². The molecule has 0 aliphatic heterocycles. The molecular weight excluding hydrogens is 368 g/mol. The molecule has 0 saturated heterocycles. The maximum atomic E-state index is 12.2. The van der Waals surface area contributed by atoms with Gasteiger partial charge in [0, 0.05) is 5.56 Å². The minimum atomic E-state index is -0.277. The summed E-state index contributed by atoms with van der Waals surface area (Å²) >= 11 is 0. The highest BCUT2D eigenvalue weighted by Gasteiger charge is 2.14. The van der Waals surface area contributed by atoms with E-state index < -0.39 is 0 Å².